The average molecular weight is 382 g/mol. The molecule has 1 aliphatic rings. The van der Waals surface area contributed by atoms with Gasteiger partial charge in [-0.25, -0.2) is 4.99 Å². The minimum Gasteiger partial charge on any atom is -0.491 e. The second kappa shape index (κ2) is 10.1. The first kappa shape index (κ1) is 20.2. The van der Waals surface area contributed by atoms with Crippen molar-refractivity contribution in [1.29, 1.82) is 0 Å². The molecule has 3 rings (SSSR count). The van der Waals surface area contributed by atoms with Gasteiger partial charge in [-0.05, 0) is 68.9 Å². The number of nitrogens with one attached hydrogen (secondary N) is 1. The molecule has 0 saturated carbocycles. The van der Waals surface area contributed by atoms with Crippen LogP contribution < -0.4 is 15.8 Å². The van der Waals surface area contributed by atoms with Gasteiger partial charge in [0.1, 0.15) is 5.75 Å². The number of nitrogens with two attached hydrogens (primary N) is 1. The Morgan fingerprint density at radius 2 is 1.79 bits per heavy atom. The summed E-state index contributed by atoms with van der Waals surface area (Å²) in [7, 11) is 0. The van der Waals surface area contributed by atoms with Crippen LogP contribution in [0, 0.1) is 5.92 Å². The molecule has 1 heterocycles. The molecule has 1 fully saturated rings. The molecule has 0 spiro atoms. The van der Waals surface area contributed by atoms with Crippen LogP contribution in [-0.4, -0.2) is 25.3 Å². The van der Waals surface area contributed by atoms with Crippen LogP contribution in [0.4, 0.5) is 5.69 Å². The van der Waals surface area contributed by atoms with E-state index in [4.69, 9.17) is 20.2 Å². The molecule has 0 amide bonds. The summed E-state index contributed by atoms with van der Waals surface area (Å²) in [6.45, 7) is 5.71. The third kappa shape index (κ3) is 6.27. The fraction of sp³-hybridized carbons (Fsp3) is 0.435. The summed E-state index contributed by atoms with van der Waals surface area (Å²) in [6, 6.07) is 18.2. The van der Waals surface area contributed by atoms with Crippen molar-refractivity contribution in [2.24, 2.45) is 16.6 Å². The average Bonchev–Trinajstić information content (AvgIpc) is 2.70. The van der Waals surface area contributed by atoms with Crippen LogP contribution in [-0.2, 0) is 4.74 Å². The Hall–Kier alpha value is -2.53. The topological polar surface area (TPSA) is 68.9 Å². The van der Waals surface area contributed by atoms with Crippen molar-refractivity contribution in [1.82, 2.24) is 0 Å². The molecule has 28 heavy (non-hydrogen) atoms. The number of aliphatic imine (C=N–C) groups is 1. The molecule has 0 aliphatic carbocycles. The minimum atomic E-state index is 0.0420. The second-order valence-electron chi connectivity index (χ2n) is 7.55. The van der Waals surface area contributed by atoms with E-state index in [-0.39, 0.29) is 12.1 Å². The van der Waals surface area contributed by atoms with Crippen molar-refractivity contribution in [3.05, 3.63) is 60.2 Å². The summed E-state index contributed by atoms with van der Waals surface area (Å²) in [5, 5.41) is 3.21. The van der Waals surface area contributed by atoms with Gasteiger partial charge in [0.15, 0.2) is 5.96 Å². The highest BCUT2D eigenvalue weighted by Crippen LogP contribution is 2.30. The van der Waals surface area contributed by atoms with Gasteiger partial charge in [0.25, 0.3) is 0 Å². The van der Waals surface area contributed by atoms with E-state index in [1.54, 1.807) is 0 Å². The lowest BCUT2D eigenvalue weighted by atomic mass is 9.90. The fourth-order valence-corrected chi connectivity index (χ4v) is 3.47. The molecular weight excluding hydrogens is 350 g/mol. The first-order valence-corrected chi connectivity index (χ1v) is 10.1. The summed E-state index contributed by atoms with van der Waals surface area (Å²) in [5.74, 6) is 1.89. The number of hydrogen-bond donors (Lipinski definition) is 2. The van der Waals surface area contributed by atoms with E-state index in [1.165, 1.54) is 5.56 Å². The number of anilines is 1. The Morgan fingerprint density at radius 3 is 2.43 bits per heavy atom. The van der Waals surface area contributed by atoms with Crippen LogP contribution >= 0.6 is 0 Å². The predicted octanol–water partition coefficient (Wildman–Crippen LogP) is 4.76. The van der Waals surface area contributed by atoms with Gasteiger partial charge in [0.2, 0.25) is 0 Å². The van der Waals surface area contributed by atoms with Crippen molar-refractivity contribution < 1.29 is 9.47 Å². The van der Waals surface area contributed by atoms with E-state index in [1.807, 2.05) is 44.2 Å². The standard InChI is InChI=1S/C23H31N3O2/c1-17(2)28-21-10-8-20(9-11-21)25-23(24)26-22(19-6-4-3-5-7-19)16-18-12-14-27-15-13-18/h3-11,17-18,22H,12-16H2,1-2H3,(H3,24,25,26). The molecule has 1 saturated heterocycles. The molecule has 1 unspecified atom stereocenters. The van der Waals surface area contributed by atoms with Crippen LogP contribution in [0.3, 0.4) is 0 Å². The monoisotopic (exact) mass is 381 g/mol. The first-order chi connectivity index (χ1) is 13.6. The van der Waals surface area contributed by atoms with E-state index in [0.717, 1.165) is 43.9 Å². The van der Waals surface area contributed by atoms with Gasteiger partial charge in [-0.3, -0.25) is 0 Å². The van der Waals surface area contributed by atoms with Crippen molar-refractivity contribution in [3.63, 3.8) is 0 Å². The van der Waals surface area contributed by atoms with E-state index in [0.29, 0.717) is 11.9 Å². The molecule has 0 bridgehead atoms. The van der Waals surface area contributed by atoms with Gasteiger partial charge in [0.05, 0.1) is 12.1 Å². The van der Waals surface area contributed by atoms with Crippen molar-refractivity contribution in [2.75, 3.05) is 18.5 Å². The van der Waals surface area contributed by atoms with Crippen LogP contribution in [0.5, 0.6) is 5.75 Å². The lowest BCUT2D eigenvalue weighted by Crippen LogP contribution is -2.25. The van der Waals surface area contributed by atoms with Gasteiger partial charge in [0, 0.05) is 18.9 Å². The highest BCUT2D eigenvalue weighted by atomic mass is 16.5. The molecule has 150 valence electrons. The number of guanidine groups is 1. The molecule has 5 heteroatoms. The molecule has 2 aromatic rings. The summed E-state index contributed by atoms with van der Waals surface area (Å²) < 4.78 is 11.2. The van der Waals surface area contributed by atoms with Crippen molar-refractivity contribution in [2.45, 2.75) is 45.3 Å². The maximum Gasteiger partial charge on any atom is 0.193 e. The van der Waals surface area contributed by atoms with Crippen LogP contribution in [0.25, 0.3) is 0 Å². The minimum absolute atomic E-state index is 0.0420. The van der Waals surface area contributed by atoms with Gasteiger partial charge in [-0.1, -0.05) is 30.3 Å². The smallest absolute Gasteiger partial charge is 0.193 e. The molecule has 2 aromatic carbocycles. The number of ether oxygens (including phenoxy) is 2. The summed E-state index contributed by atoms with van der Waals surface area (Å²) >= 11 is 0. The largest absolute Gasteiger partial charge is 0.491 e. The normalized spacial score (nSPS) is 16.8. The Balaban J connectivity index is 1.69. The zero-order valence-corrected chi connectivity index (χ0v) is 16.8. The fourth-order valence-electron chi connectivity index (χ4n) is 3.47. The Labute approximate surface area is 168 Å². The summed E-state index contributed by atoms with van der Waals surface area (Å²) in [5.41, 5.74) is 8.34. The van der Waals surface area contributed by atoms with E-state index < -0.39 is 0 Å². The molecule has 3 N–H and O–H groups in total. The quantitative estimate of drug-likeness (QED) is 0.536. The number of nitrogens with zero attached hydrogens (tertiary/aromatic N) is 1. The molecule has 1 atom stereocenters. The molecule has 0 aromatic heterocycles. The van der Waals surface area contributed by atoms with Crippen LogP contribution in [0.1, 0.15) is 44.7 Å². The maximum absolute atomic E-state index is 6.25. The predicted molar refractivity (Wildman–Crippen MR) is 115 cm³/mol. The molecule has 0 radical (unpaired) electrons. The molecular formula is C23H31N3O2. The van der Waals surface area contributed by atoms with Crippen molar-refractivity contribution >= 4 is 11.6 Å². The van der Waals surface area contributed by atoms with E-state index in [2.05, 4.69) is 29.6 Å². The summed E-state index contributed by atoms with van der Waals surface area (Å²) in [4.78, 5) is 4.82. The van der Waals surface area contributed by atoms with Gasteiger partial charge in [-0.15, -0.1) is 0 Å². The third-order valence-corrected chi connectivity index (χ3v) is 4.88. The number of benzene rings is 2. The first-order valence-electron chi connectivity index (χ1n) is 10.1. The Morgan fingerprint density at radius 1 is 1.11 bits per heavy atom. The number of hydrogen-bond acceptors (Lipinski definition) is 3. The summed E-state index contributed by atoms with van der Waals surface area (Å²) in [6.07, 6.45) is 3.31. The van der Waals surface area contributed by atoms with Crippen LogP contribution in [0.2, 0.25) is 0 Å². The lowest BCUT2D eigenvalue weighted by Gasteiger charge is -2.25. The van der Waals surface area contributed by atoms with Gasteiger partial charge < -0.3 is 20.5 Å². The van der Waals surface area contributed by atoms with Gasteiger partial charge >= 0.3 is 0 Å². The Bertz CT molecular complexity index is 738. The van der Waals surface area contributed by atoms with E-state index >= 15 is 0 Å². The van der Waals surface area contributed by atoms with Crippen molar-refractivity contribution in [3.8, 4) is 5.75 Å². The third-order valence-electron chi connectivity index (χ3n) is 4.88. The molecule has 5 nitrogen and oxygen atoms in total. The number of rotatable bonds is 7. The van der Waals surface area contributed by atoms with E-state index in [9.17, 15) is 0 Å². The second-order valence-corrected chi connectivity index (χ2v) is 7.55. The van der Waals surface area contributed by atoms with Gasteiger partial charge in [-0.2, -0.15) is 0 Å². The zero-order chi connectivity index (χ0) is 19.8. The lowest BCUT2D eigenvalue weighted by molar-refractivity contribution is 0.0619. The highest BCUT2D eigenvalue weighted by molar-refractivity contribution is 5.92. The SMILES string of the molecule is CC(C)Oc1ccc(NC(N)=NC(CC2CCOCC2)c2ccccc2)cc1. The highest BCUT2D eigenvalue weighted by Gasteiger charge is 2.20. The Kier molecular flexibility index (Phi) is 7.31. The zero-order valence-electron chi connectivity index (χ0n) is 16.8. The maximum atomic E-state index is 6.25. The van der Waals surface area contributed by atoms with Crippen LogP contribution in [0.15, 0.2) is 59.6 Å². The molecule has 1 aliphatic heterocycles.